The molecule has 1 saturated heterocycles. The van der Waals surface area contributed by atoms with Crippen LogP contribution in [0.15, 0.2) is 48.5 Å². The van der Waals surface area contributed by atoms with Crippen LogP contribution in [0.5, 0.6) is 0 Å². The summed E-state index contributed by atoms with van der Waals surface area (Å²) in [4.78, 5) is 14.8. The van der Waals surface area contributed by atoms with Crippen LogP contribution in [-0.2, 0) is 21.4 Å². The van der Waals surface area contributed by atoms with Gasteiger partial charge in [0.1, 0.15) is 6.54 Å². The average molecular weight is 402 g/mol. The van der Waals surface area contributed by atoms with Gasteiger partial charge in [-0.3, -0.25) is 9.10 Å². The van der Waals surface area contributed by atoms with Crippen molar-refractivity contribution < 1.29 is 13.2 Å². The number of sulfonamides is 1. The van der Waals surface area contributed by atoms with Crippen molar-refractivity contribution >= 4 is 27.3 Å². The summed E-state index contributed by atoms with van der Waals surface area (Å²) in [5.41, 5.74) is 3.52. The van der Waals surface area contributed by atoms with Crippen LogP contribution >= 0.6 is 0 Å². The van der Waals surface area contributed by atoms with E-state index in [9.17, 15) is 13.2 Å². The number of hydrogen-bond acceptors (Lipinski definition) is 4. The lowest BCUT2D eigenvalue weighted by atomic mass is 10.2. The van der Waals surface area contributed by atoms with Gasteiger partial charge in [0, 0.05) is 25.3 Å². The standard InChI is InChI=1S/C21H27N3O3S/c1-17-7-3-4-8-20(17)24(28(2,26)27)16-21(25)22-15-18-9-11-19(12-10-18)23-13-5-6-14-23/h3-4,7-12H,5-6,13-16H2,1-2H3,(H,22,25). The van der Waals surface area contributed by atoms with Crippen LogP contribution in [0.2, 0.25) is 0 Å². The normalized spacial score (nSPS) is 14.1. The number of carbonyl (C=O) groups is 1. The van der Waals surface area contributed by atoms with Crippen LogP contribution in [0, 0.1) is 6.92 Å². The van der Waals surface area contributed by atoms with E-state index in [0.29, 0.717) is 12.2 Å². The Bertz CT molecular complexity index is 920. The molecule has 7 heteroatoms. The van der Waals surface area contributed by atoms with Gasteiger partial charge in [-0.15, -0.1) is 0 Å². The number of anilines is 2. The summed E-state index contributed by atoms with van der Waals surface area (Å²) in [6, 6.07) is 15.3. The summed E-state index contributed by atoms with van der Waals surface area (Å²) < 4.78 is 25.5. The first kappa shape index (κ1) is 20.2. The van der Waals surface area contributed by atoms with Gasteiger partial charge in [-0.1, -0.05) is 30.3 Å². The highest BCUT2D eigenvalue weighted by atomic mass is 32.2. The lowest BCUT2D eigenvalue weighted by Gasteiger charge is -2.23. The molecule has 0 spiro atoms. The highest BCUT2D eigenvalue weighted by molar-refractivity contribution is 7.92. The molecule has 2 aromatic rings. The third-order valence-corrected chi connectivity index (χ3v) is 6.10. The summed E-state index contributed by atoms with van der Waals surface area (Å²) in [6.07, 6.45) is 3.58. The second-order valence-electron chi connectivity index (χ2n) is 7.19. The molecular formula is C21H27N3O3S. The minimum Gasteiger partial charge on any atom is -0.372 e. The molecule has 1 aliphatic rings. The first-order valence-corrected chi connectivity index (χ1v) is 11.3. The van der Waals surface area contributed by atoms with Crippen LogP contribution in [0.4, 0.5) is 11.4 Å². The Morgan fingerprint density at radius 2 is 1.71 bits per heavy atom. The summed E-state index contributed by atoms with van der Waals surface area (Å²) in [6.45, 7) is 4.14. The predicted octanol–water partition coefficient (Wildman–Crippen LogP) is 2.68. The van der Waals surface area contributed by atoms with Gasteiger partial charge in [0.25, 0.3) is 0 Å². The second-order valence-corrected chi connectivity index (χ2v) is 9.10. The van der Waals surface area contributed by atoms with Crippen LogP contribution in [-0.4, -0.2) is 40.2 Å². The molecule has 1 amide bonds. The average Bonchev–Trinajstić information content (AvgIpc) is 3.19. The van der Waals surface area contributed by atoms with E-state index in [1.165, 1.54) is 18.5 Å². The Balaban J connectivity index is 1.61. The fourth-order valence-electron chi connectivity index (χ4n) is 3.41. The van der Waals surface area contributed by atoms with Gasteiger partial charge in [-0.2, -0.15) is 0 Å². The molecule has 1 heterocycles. The Hall–Kier alpha value is -2.54. The number of benzene rings is 2. The van der Waals surface area contributed by atoms with Gasteiger partial charge in [-0.05, 0) is 49.1 Å². The van der Waals surface area contributed by atoms with Crippen molar-refractivity contribution in [2.24, 2.45) is 0 Å². The molecule has 0 bridgehead atoms. The molecule has 0 atom stereocenters. The second kappa shape index (κ2) is 8.65. The summed E-state index contributed by atoms with van der Waals surface area (Å²) in [7, 11) is -3.57. The van der Waals surface area contributed by atoms with Gasteiger partial charge in [0.15, 0.2) is 0 Å². The lowest BCUT2D eigenvalue weighted by molar-refractivity contribution is -0.119. The van der Waals surface area contributed by atoms with Gasteiger partial charge >= 0.3 is 0 Å². The van der Waals surface area contributed by atoms with Crippen molar-refractivity contribution in [3.63, 3.8) is 0 Å². The van der Waals surface area contributed by atoms with Crippen molar-refractivity contribution in [3.8, 4) is 0 Å². The van der Waals surface area contributed by atoms with Gasteiger partial charge in [0.2, 0.25) is 15.9 Å². The lowest BCUT2D eigenvalue weighted by Crippen LogP contribution is -2.40. The number of nitrogens with one attached hydrogen (secondary N) is 1. The highest BCUT2D eigenvalue weighted by Gasteiger charge is 2.22. The van der Waals surface area contributed by atoms with Gasteiger partial charge in [0.05, 0.1) is 11.9 Å². The van der Waals surface area contributed by atoms with E-state index in [-0.39, 0.29) is 12.5 Å². The maximum Gasteiger partial charge on any atom is 0.241 e. The molecule has 0 aromatic heterocycles. The number of para-hydroxylation sites is 1. The molecule has 6 nitrogen and oxygen atoms in total. The molecule has 1 fully saturated rings. The third kappa shape index (κ3) is 5.04. The third-order valence-electron chi connectivity index (χ3n) is 4.97. The van der Waals surface area contributed by atoms with Crippen LogP contribution in [0.25, 0.3) is 0 Å². The van der Waals surface area contributed by atoms with Crippen LogP contribution in [0.1, 0.15) is 24.0 Å². The fraction of sp³-hybridized carbons (Fsp3) is 0.381. The van der Waals surface area contributed by atoms with Crippen molar-refractivity contribution in [2.75, 3.05) is 35.1 Å². The predicted molar refractivity (Wildman–Crippen MR) is 113 cm³/mol. The van der Waals surface area contributed by atoms with Gasteiger partial charge in [-0.25, -0.2) is 8.42 Å². The Morgan fingerprint density at radius 3 is 2.32 bits per heavy atom. The van der Waals surface area contributed by atoms with E-state index in [1.54, 1.807) is 12.1 Å². The zero-order chi connectivity index (χ0) is 20.1. The zero-order valence-electron chi connectivity index (χ0n) is 16.4. The SMILES string of the molecule is Cc1ccccc1N(CC(=O)NCc1ccc(N2CCCC2)cc1)S(C)(=O)=O. The van der Waals surface area contributed by atoms with Gasteiger partial charge < -0.3 is 10.2 Å². The number of rotatable bonds is 7. The molecular weight excluding hydrogens is 374 g/mol. The minimum absolute atomic E-state index is 0.241. The number of amides is 1. The molecule has 0 unspecified atom stereocenters. The van der Waals surface area contributed by atoms with E-state index in [2.05, 4.69) is 22.3 Å². The first-order valence-electron chi connectivity index (χ1n) is 9.48. The van der Waals surface area contributed by atoms with Crippen LogP contribution in [0.3, 0.4) is 0 Å². The molecule has 3 rings (SSSR count). The maximum absolute atomic E-state index is 12.4. The topological polar surface area (TPSA) is 69.7 Å². The van der Waals surface area contributed by atoms with Crippen molar-refractivity contribution in [2.45, 2.75) is 26.3 Å². The van der Waals surface area contributed by atoms with E-state index >= 15 is 0 Å². The molecule has 1 N–H and O–H groups in total. The Morgan fingerprint density at radius 1 is 1.07 bits per heavy atom. The van der Waals surface area contributed by atoms with Crippen molar-refractivity contribution in [3.05, 3.63) is 59.7 Å². The smallest absolute Gasteiger partial charge is 0.241 e. The zero-order valence-corrected chi connectivity index (χ0v) is 17.2. The van der Waals surface area contributed by atoms with E-state index in [0.717, 1.165) is 34.8 Å². The van der Waals surface area contributed by atoms with E-state index in [4.69, 9.17) is 0 Å². The highest BCUT2D eigenvalue weighted by Crippen LogP contribution is 2.22. The monoisotopic (exact) mass is 401 g/mol. The fourth-order valence-corrected chi connectivity index (χ4v) is 4.33. The minimum atomic E-state index is -3.57. The molecule has 0 aliphatic carbocycles. The Kier molecular flexibility index (Phi) is 6.24. The van der Waals surface area contributed by atoms with Crippen molar-refractivity contribution in [1.82, 2.24) is 5.32 Å². The number of aryl methyl sites for hydroxylation is 1. The van der Waals surface area contributed by atoms with E-state index in [1.807, 2.05) is 31.2 Å². The van der Waals surface area contributed by atoms with Crippen LogP contribution < -0.4 is 14.5 Å². The summed E-state index contributed by atoms with van der Waals surface area (Å²) in [5.74, 6) is -0.336. The Labute approximate surface area is 167 Å². The number of carbonyl (C=O) groups excluding carboxylic acids is 1. The molecule has 0 saturated carbocycles. The molecule has 1 aliphatic heterocycles. The molecule has 0 radical (unpaired) electrons. The summed E-state index contributed by atoms with van der Waals surface area (Å²) in [5, 5.41) is 2.82. The van der Waals surface area contributed by atoms with Crippen molar-refractivity contribution in [1.29, 1.82) is 0 Å². The quantitative estimate of drug-likeness (QED) is 0.774. The van der Waals surface area contributed by atoms with E-state index < -0.39 is 10.0 Å². The summed E-state index contributed by atoms with van der Waals surface area (Å²) >= 11 is 0. The maximum atomic E-state index is 12.4. The molecule has 28 heavy (non-hydrogen) atoms. The number of hydrogen-bond donors (Lipinski definition) is 1. The molecule has 2 aromatic carbocycles. The molecule has 150 valence electrons. The largest absolute Gasteiger partial charge is 0.372 e. The number of nitrogens with zero attached hydrogens (tertiary/aromatic N) is 2. The first-order chi connectivity index (χ1) is 13.3.